The van der Waals surface area contributed by atoms with Crippen LogP contribution in [0.4, 0.5) is 0 Å². The number of carbonyl (C=O) groups is 1. The number of aliphatic carboxylic acids is 1. The summed E-state index contributed by atoms with van der Waals surface area (Å²) in [6.45, 7) is 5.43. The molecule has 0 aliphatic carbocycles. The lowest BCUT2D eigenvalue weighted by Gasteiger charge is -2.39. The molecule has 0 aromatic heterocycles. The molecule has 1 fully saturated rings. The summed E-state index contributed by atoms with van der Waals surface area (Å²) in [5.41, 5.74) is 1.09. The Labute approximate surface area is 138 Å². The summed E-state index contributed by atoms with van der Waals surface area (Å²) >= 11 is 0. The first-order valence-corrected chi connectivity index (χ1v) is 8.41. The number of ether oxygens (including phenoxy) is 2. The largest absolute Gasteiger partial charge is 0.493 e. The van der Waals surface area contributed by atoms with Gasteiger partial charge in [-0.2, -0.15) is 0 Å². The van der Waals surface area contributed by atoms with E-state index in [-0.39, 0.29) is 6.04 Å². The van der Waals surface area contributed by atoms with Gasteiger partial charge >= 0.3 is 5.97 Å². The summed E-state index contributed by atoms with van der Waals surface area (Å²) in [5, 5.41) is 9.53. The predicted molar refractivity (Wildman–Crippen MR) is 89.2 cm³/mol. The molecule has 23 heavy (non-hydrogen) atoms. The van der Waals surface area contributed by atoms with Gasteiger partial charge < -0.3 is 14.6 Å². The molecule has 0 spiro atoms. The van der Waals surface area contributed by atoms with Crippen LogP contribution in [0.5, 0.6) is 11.5 Å². The number of hydrogen-bond donors (Lipinski definition) is 1. The van der Waals surface area contributed by atoms with Gasteiger partial charge in [-0.1, -0.05) is 19.4 Å². The highest BCUT2D eigenvalue weighted by molar-refractivity contribution is 5.73. The van der Waals surface area contributed by atoms with Gasteiger partial charge in [-0.25, -0.2) is 0 Å². The molecule has 1 aromatic carbocycles. The molecule has 1 aliphatic heterocycles. The van der Waals surface area contributed by atoms with Crippen molar-refractivity contribution in [3.8, 4) is 11.5 Å². The number of nitrogens with zero attached hydrogens (tertiary/aromatic N) is 1. The van der Waals surface area contributed by atoms with Crippen LogP contribution >= 0.6 is 0 Å². The molecule has 5 nitrogen and oxygen atoms in total. The minimum Gasteiger partial charge on any atom is -0.493 e. The number of methoxy groups -OCH3 is 1. The number of rotatable bonds is 7. The van der Waals surface area contributed by atoms with Crippen LogP contribution in [0.15, 0.2) is 18.2 Å². The lowest BCUT2D eigenvalue weighted by atomic mass is 9.94. The quantitative estimate of drug-likeness (QED) is 0.833. The normalized spacial score (nSPS) is 20.0. The molecular weight excluding hydrogens is 294 g/mol. The Hall–Kier alpha value is -1.75. The Bertz CT molecular complexity index is 532. The molecule has 1 aromatic rings. The molecule has 1 heterocycles. The maximum Gasteiger partial charge on any atom is 0.320 e. The highest BCUT2D eigenvalue weighted by Gasteiger charge is 2.33. The summed E-state index contributed by atoms with van der Waals surface area (Å²) in [6, 6.07) is 5.60. The van der Waals surface area contributed by atoms with Crippen molar-refractivity contribution < 1.29 is 19.4 Å². The molecule has 1 N–H and O–H groups in total. The third-order valence-corrected chi connectivity index (χ3v) is 4.49. The number of hydrogen-bond acceptors (Lipinski definition) is 4. The number of carboxylic acid groups (broad SMARTS) is 1. The van der Waals surface area contributed by atoms with E-state index >= 15 is 0 Å². The molecule has 0 bridgehead atoms. The van der Waals surface area contributed by atoms with E-state index in [9.17, 15) is 9.90 Å². The molecule has 2 rings (SSSR count). The Balaban J connectivity index is 2.32. The molecule has 1 aliphatic rings. The van der Waals surface area contributed by atoms with E-state index in [1.165, 1.54) is 0 Å². The zero-order chi connectivity index (χ0) is 16.8. The highest BCUT2D eigenvalue weighted by Crippen LogP contribution is 2.36. The fraction of sp³-hybridized carbons (Fsp3) is 0.611. The maximum atomic E-state index is 11.6. The minimum atomic E-state index is -0.721. The summed E-state index contributed by atoms with van der Waals surface area (Å²) < 4.78 is 11.0. The molecule has 2 atom stereocenters. The molecule has 0 amide bonds. The second kappa shape index (κ2) is 8.20. The summed E-state index contributed by atoms with van der Waals surface area (Å²) in [7, 11) is 1.62. The van der Waals surface area contributed by atoms with Gasteiger partial charge in [0.25, 0.3) is 0 Å². The smallest absolute Gasteiger partial charge is 0.320 e. The van der Waals surface area contributed by atoms with Crippen molar-refractivity contribution in [2.45, 2.75) is 51.6 Å². The Morgan fingerprint density at radius 2 is 2.13 bits per heavy atom. The van der Waals surface area contributed by atoms with Gasteiger partial charge in [0.1, 0.15) is 6.04 Å². The first-order chi connectivity index (χ1) is 11.1. The van der Waals surface area contributed by atoms with Crippen LogP contribution in [0.1, 0.15) is 51.1 Å². The van der Waals surface area contributed by atoms with Crippen LogP contribution in [0.3, 0.4) is 0 Å². The first-order valence-electron chi connectivity index (χ1n) is 8.41. The number of carboxylic acids is 1. The molecule has 0 saturated carbocycles. The fourth-order valence-corrected chi connectivity index (χ4v) is 3.42. The number of likely N-dealkylation sites (tertiary alicyclic amines) is 1. The van der Waals surface area contributed by atoms with Crippen LogP contribution in [0, 0.1) is 0 Å². The van der Waals surface area contributed by atoms with E-state index in [1.807, 2.05) is 25.1 Å². The van der Waals surface area contributed by atoms with Gasteiger partial charge in [-0.3, -0.25) is 9.69 Å². The summed E-state index contributed by atoms with van der Waals surface area (Å²) in [6.07, 6.45) is 3.62. The third-order valence-electron chi connectivity index (χ3n) is 4.49. The van der Waals surface area contributed by atoms with Crippen molar-refractivity contribution in [3.63, 3.8) is 0 Å². The maximum absolute atomic E-state index is 11.6. The van der Waals surface area contributed by atoms with Crippen LogP contribution in [-0.4, -0.2) is 42.3 Å². The summed E-state index contributed by atoms with van der Waals surface area (Å²) in [5.74, 6) is 0.704. The topological polar surface area (TPSA) is 59.0 Å². The average molecular weight is 321 g/mol. The highest BCUT2D eigenvalue weighted by atomic mass is 16.5. The molecular formula is C18H27NO4. The van der Waals surface area contributed by atoms with Crippen molar-refractivity contribution in [1.82, 2.24) is 4.90 Å². The standard InChI is InChI=1S/C18H27NO4/c1-4-14(19-11-7-6-8-15(19)18(20)21)13-9-10-16(22-3)17(12-13)23-5-2/h9-10,12,14-15H,4-8,11H2,1-3H3,(H,20,21). The van der Waals surface area contributed by atoms with E-state index in [0.717, 1.165) is 43.5 Å². The van der Waals surface area contributed by atoms with E-state index < -0.39 is 12.0 Å². The second-order valence-corrected chi connectivity index (χ2v) is 5.85. The van der Waals surface area contributed by atoms with Gasteiger partial charge in [0.05, 0.1) is 13.7 Å². The minimum absolute atomic E-state index is 0.0847. The first kappa shape index (κ1) is 17.6. The Morgan fingerprint density at radius 3 is 2.74 bits per heavy atom. The fourth-order valence-electron chi connectivity index (χ4n) is 3.42. The lowest BCUT2D eigenvalue weighted by Crippen LogP contribution is -2.46. The predicted octanol–water partition coefficient (Wildman–Crippen LogP) is 3.48. The van der Waals surface area contributed by atoms with E-state index in [2.05, 4.69) is 11.8 Å². The van der Waals surface area contributed by atoms with Gasteiger partial charge in [-0.15, -0.1) is 0 Å². The third kappa shape index (κ3) is 3.96. The van der Waals surface area contributed by atoms with Crippen molar-refractivity contribution in [3.05, 3.63) is 23.8 Å². The van der Waals surface area contributed by atoms with E-state index in [0.29, 0.717) is 12.4 Å². The van der Waals surface area contributed by atoms with Crippen molar-refractivity contribution in [1.29, 1.82) is 0 Å². The Kier molecular flexibility index (Phi) is 6.28. The number of piperidine rings is 1. The van der Waals surface area contributed by atoms with Crippen LogP contribution in [0.2, 0.25) is 0 Å². The van der Waals surface area contributed by atoms with Gasteiger partial charge in [0, 0.05) is 6.04 Å². The second-order valence-electron chi connectivity index (χ2n) is 5.85. The molecule has 128 valence electrons. The van der Waals surface area contributed by atoms with Crippen LogP contribution in [-0.2, 0) is 4.79 Å². The van der Waals surface area contributed by atoms with Crippen molar-refractivity contribution >= 4 is 5.97 Å². The zero-order valence-corrected chi connectivity index (χ0v) is 14.2. The van der Waals surface area contributed by atoms with Crippen LogP contribution in [0.25, 0.3) is 0 Å². The monoisotopic (exact) mass is 321 g/mol. The van der Waals surface area contributed by atoms with E-state index in [1.54, 1.807) is 7.11 Å². The lowest BCUT2D eigenvalue weighted by molar-refractivity contribution is -0.146. The van der Waals surface area contributed by atoms with Gasteiger partial charge in [-0.05, 0) is 50.4 Å². The molecule has 0 radical (unpaired) electrons. The SMILES string of the molecule is CCOc1cc(C(CC)N2CCCCC2C(=O)O)ccc1OC. The Morgan fingerprint density at radius 1 is 1.35 bits per heavy atom. The number of benzene rings is 1. The zero-order valence-electron chi connectivity index (χ0n) is 14.2. The van der Waals surface area contributed by atoms with Gasteiger partial charge in [0.15, 0.2) is 11.5 Å². The molecule has 5 heteroatoms. The average Bonchev–Trinajstić information content (AvgIpc) is 2.56. The molecule has 1 saturated heterocycles. The van der Waals surface area contributed by atoms with Crippen LogP contribution < -0.4 is 9.47 Å². The molecule has 2 unspecified atom stereocenters. The van der Waals surface area contributed by atoms with Gasteiger partial charge in [0.2, 0.25) is 0 Å². The van der Waals surface area contributed by atoms with Crippen molar-refractivity contribution in [2.24, 2.45) is 0 Å². The van der Waals surface area contributed by atoms with Crippen molar-refractivity contribution in [2.75, 3.05) is 20.3 Å². The van der Waals surface area contributed by atoms with E-state index in [4.69, 9.17) is 9.47 Å². The summed E-state index contributed by atoms with van der Waals surface area (Å²) in [4.78, 5) is 13.7.